The summed E-state index contributed by atoms with van der Waals surface area (Å²) in [4.78, 5) is 11.3. The van der Waals surface area contributed by atoms with Crippen LogP contribution in [-0.2, 0) is 27.5 Å². The third kappa shape index (κ3) is 7.67. The molecule has 0 heterocycles. The fourth-order valence-corrected chi connectivity index (χ4v) is 2.78. The summed E-state index contributed by atoms with van der Waals surface area (Å²) in [6, 6.07) is 17.8. The van der Waals surface area contributed by atoms with Crippen molar-refractivity contribution in [1.82, 2.24) is 0 Å². The monoisotopic (exact) mass is 382 g/mol. The highest BCUT2D eigenvalue weighted by atomic mass is 16.5. The molecule has 0 radical (unpaired) electrons. The number of rotatable bonds is 13. The van der Waals surface area contributed by atoms with Gasteiger partial charge in [-0.3, -0.25) is 0 Å². The fraction of sp³-hybridized carbons (Fsp3) is 0.375. The maximum atomic E-state index is 11.3. The first-order chi connectivity index (χ1) is 13.6. The number of hydrogen-bond acceptors (Lipinski definition) is 4. The Bertz CT molecular complexity index is 709. The van der Waals surface area contributed by atoms with Gasteiger partial charge in [0, 0.05) is 5.92 Å². The van der Waals surface area contributed by atoms with Crippen molar-refractivity contribution in [2.75, 3.05) is 13.7 Å². The van der Waals surface area contributed by atoms with Gasteiger partial charge in [-0.15, -0.1) is 0 Å². The Morgan fingerprint density at radius 3 is 2.36 bits per heavy atom. The van der Waals surface area contributed by atoms with Crippen LogP contribution in [0.2, 0.25) is 0 Å². The quantitative estimate of drug-likeness (QED) is 0.279. The Balaban J connectivity index is 1.76. The zero-order valence-corrected chi connectivity index (χ0v) is 16.8. The molecule has 4 heteroatoms. The minimum Gasteiger partial charge on any atom is -0.497 e. The van der Waals surface area contributed by atoms with Gasteiger partial charge >= 0.3 is 0 Å². The largest absolute Gasteiger partial charge is 0.497 e. The van der Waals surface area contributed by atoms with E-state index in [2.05, 4.69) is 6.58 Å². The maximum Gasteiger partial charge on any atom is 0.125 e. The molecule has 0 fully saturated rings. The average Bonchev–Trinajstić information content (AvgIpc) is 2.74. The smallest absolute Gasteiger partial charge is 0.125 e. The first-order valence-electron chi connectivity index (χ1n) is 9.60. The summed E-state index contributed by atoms with van der Waals surface area (Å²) in [5.74, 6) is 0.616. The van der Waals surface area contributed by atoms with Crippen LogP contribution in [0.25, 0.3) is 0 Å². The van der Waals surface area contributed by atoms with Gasteiger partial charge in [0.25, 0.3) is 0 Å². The standard InChI is InChI=1S/C24H30O4/c1-19(13-14-27-17-21-7-5-4-6-8-21)15-24(20(2)16-25)28-18-22-9-11-23(26-3)12-10-22/h4-12,16,20,24H,1,13-15,17-18H2,2-3H3/t20-,24+/m0/s1. The Hall–Kier alpha value is -2.43. The van der Waals surface area contributed by atoms with Crippen LogP contribution in [0.3, 0.4) is 0 Å². The summed E-state index contributed by atoms with van der Waals surface area (Å²) in [6.45, 7) is 7.67. The Labute approximate surface area is 168 Å². The minimum atomic E-state index is -0.194. The average molecular weight is 383 g/mol. The van der Waals surface area contributed by atoms with E-state index in [-0.39, 0.29) is 12.0 Å². The van der Waals surface area contributed by atoms with Gasteiger partial charge in [-0.25, -0.2) is 0 Å². The molecule has 2 rings (SSSR count). The first-order valence-corrected chi connectivity index (χ1v) is 9.60. The molecule has 150 valence electrons. The van der Waals surface area contributed by atoms with E-state index < -0.39 is 0 Å². The molecule has 0 unspecified atom stereocenters. The van der Waals surface area contributed by atoms with Crippen LogP contribution < -0.4 is 4.74 Å². The summed E-state index contributed by atoms with van der Waals surface area (Å²) in [5.41, 5.74) is 3.23. The lowest BCUT2D eigenvalue weighted by Crippen LogP contribution is -2.23. The van der Waals surface area contributed by atoms with Crippen LogP contribution in [0.1, 0.15) is 30.9 Å². The van der Waals surface area contributed by atoms with E-state index in [1.165, 1.54) is 0 Å². The van der Waals surface area contributed by atoms with Gasteiger partial charge in [-0.1, -0.05) is 61.5 Å². The zero-order valence-electron chi connectivity index (χ0n) is 16.8. The van der Waals surface area contributed by atoms with Crippen LogP contribution >= 0.6 is 0 Å². The molecule has 2 aromatic rings. The van der Waals surface area contributed by atoms with E-state index in [1.54, 1.807) is 7.11 Å². The number of benzene rings is 2. The van der Waals surface area contributed by atoms with Gasteiger partial charge in [-0.2, -0.15) is 0 Å². The topological polar surface area (TPSA) is 44.8 Å². The summed E-state index contributed by atoms with van der Waals surface area (Å²) in [5, 5.41) is 0. The van der Waals surface area contributed by atoms with Crippen molar-refractivity contribution in [1.29, 1.82) is 0 Å². The molecule has 0 aromatic heterocycles. The number of aldehydes is 1. The van der Waals surface area contributed by atoms with E-state index in [0.29, 0.717) is 26.2 Å². The van der Waals surface area contributed by atoms with Crippen LogP contribution in [0.15, 0.2) is 66.7 Å². The van der Waals surface area contributed by atoms with Gasteiger partial charge in [0.15, 0.2) is 0 Å². The van der Waals surface area contributed by atoms with E-state index in [9.17, 15) is 4.79 Å². The van der Waals surface area contributed by atoms with E-state index in [1.807, 2.05) is 61.5 Å². The number of carbonyl (C=O) groups is 1. The molecule has 0 spiro atoms. The molecular formula is C24H30O4. The molecule has 0 saturated heterocycles. The lowest BCUT2D eigenvalue weighted by Gasteiger charge is -2.22. The number of carbonyl (C=O) groups excluding carboxylic acids is 1. The molecule has 0 aliphatic heterocycles. The molecule has 0 aliphatic carbocycles. The SMILES string of the molecule is C=C(CCOCc1ccccc1)C[C@@H](OCc1ccc(OC)cc1)[C@@H](C)C=O. The molecule has 0 amide bonds. The van der Waals surface area contributed by atoms with Crippen LogP contribution in [0, 0.1) is 5.92 Å². The third-order valence-corrected chi connectivity index (χ3v) is 4.63. The zero-order chi connectivity index (χ0) is 20.2. The molecule has 0 N–H and O–H groups in total. The summed E-state index contributed by atoms with van der Waals surface area (Å²) < 4.78 is 16.9. The van der Waals surface area contributed by atoms with Crippen LogP contribution in [-0.4, -0.2) is 26.1 Å². The van der Waals surface area contributed by atoms with E-state index in [4.69, 9.17) is 14.2 Å². The number of methoxy groups -OCH3 is 1. The summed E-state index contributed by atoms with van der Waals surface area (Å²) in [7, 11) is 1.64. The molecule has 4 nitrogen and oxygen atoms in total. The maximum absolute atomic E-state index is 11.3. The lowest BCUT2D eigenvalue weighted by molar-refractivity contribution is -0.115. The number of ether oxygens (including phenoxy) is 3. The van der Waals surface area contributed by atoms with Crippen molar-refractivity contribution in [3.63, 3.8) is 0 Å². The highest BCUT2D eigenvalue weighted by Gasteiger charge is 2.18. The fourth-order valence-electron chi connectivity index (χ4n) is 2.78. The highest BCUT2D eigenvalue weighted by Crippen LogP contribution is 2.20. The normalized spacial score (nSPS) is 12.9. The summed E-state index contributed by atoms with van der Waals surface area (Å²) in [6.07, 6.45) is 2.14. The molecule has 0 bridgehead atoms. The molecule has 0 saturated carbocycles. The molecule has 28 heavy (non-hydrogen) atoms. The van der Waals surface area contributed by atoms with Crippen molar-refractivity contribution in [3.05, 3.63) is 77.9 Å². The van der Waals surface area contributed by atoms with Gasteiger partial charge in [0.1, 0.15) is 12.0 Å². The molecule has 0 aliphatic rings. The van der Waals surface area contributed by atoms with Crippen molar-refractivity contribution in [2.24, 2.45) is 5.92 Å². The highest BCUT2D eigenvalue weighted by molar-refractivity contribution is 5.53. The summed E-state index contributed by atoms with van der Waals surface area (Å²) >= 11 is 0. The third-order valence-electron chi connectivity index (χ3n) is 4.63. The van der Waals surface area contributed by atoms with Crippen LogP contribution in [0.4, 0.5) is 0 Å². The molecule has 2 atom stereocenters. The first kappa shape index (κ1) is 21.9. The van der Waals surface area contributed by atoms with Crippen molar-refractivity contribution in [3.8, 4) is 5.75 Å². The van der Waals surface area contributed by atoms with E-state index in [0.717, 1.165) is 35.2 Å². The number of hydrogen-bond donors (Lipinski definition) is 0. The van der Waals surface area contributed by atoms with Gasteiger partial charge in [-0.05, 0) is 36.1 Å². The lowest BCUT2D eigenvalue weighted by atomic mass is 9.98. The van der Waals surface area contributed by atoms with Gasteiger partial charge in [0.05, 0.1) is 33.0 Å². The van der Waals surface area contributed by atoms with Crippen molar-refractivity contribution in [2.45, 2.75) is 39.1 Å². The second-order valence-corrected chi connectivity index (χ2v) is 6.94. The molecular weight excluding hydrogens is 352 g/mol. The van der Waals surface area contributed by atoms with Crippen LogP contribution in [0.5, 0.6) is 5.75 Å². The predicted molar refractivity (Wildman–Crippen MR) is 111 cm³/mol. The predicted octanol–water partition coefficient (Wildman–Crippen LogP) is 4.97. The van der Waals surface area contributed by atoms with Crippen molar-refractivity contribution >= 4 is 6.29 Å². The van der Waals surface area contributed by atoms with Crippen molar-refractivity contribution < 1.29 is 19.0 Å². The van der Waals surface area contributed by atoms with Gasteiger partial charge < -0.3 is 19.0 Å². The molecule has 2 aromatic carbocycles. The van der Waals surface area contributed by atoms with Gasteiger partial charge in [0.2, 0.25) is 0 Å². The second-order valence-electron chi connectivity index (χ2n) is 6.94. The minimum absolute atomic E-state index is 0.193. The second kappa shape index (κ2) is 12.1. The Morgan fingerprint density at radius 1 is 1.04 bits per heavy atom. The Kier molecular flexibility index (Phi) is 9.46. The van der Waals surface area contributed by atoms with E-state index >= 15 is 0 Å². The Morgan fingerprint density at radius 2 is 1.71 bits per heavy atom.